The second kappa shape index (κ2) is 13.2. The molecule has 1 heterocycles. The van der Waals surface area contributed by atoms with E-state index < -0.39 is 23.8 Å². The number of benzene rings is 3. The van der Waals surface area contributed by atoms with Gasteiger partial charge in [0.1, 0.15) is 5.75 Å². The standard InChI is InChI=1S/C33H32N4O6/c38-27-15-13-24(25-14-16-29(40)36-30(25)27)28(39)21-34-20-19-33(17-7-2-8-18-33)37-32(42)43-31(41)35-26-12-6-5-11-23(26)22-9-3-1-4-10-22/h1-17,28,34,38-39H,18-21H2,(H,35,41)(H,36,40)(H,37,42)/t28-,33?/m0/s1. The molecule has 0 saturated carbocycles. The summed E-state index contributed by atoms with van der Waals surface area (Å²) < 4.78 is 5.07. The normalized spacial score (nSPS) is 16.5. The molecule has 0 aliphatic heterocycles. The number of pyridine rings is 1. The Labute approximate surface area is 247 Å². The Balaban J connectivity index is 1.17. The van der Waals surface area contributed by atoms with Gasteiger partial charge < -0.3 is 30.6 Å². The number of nitrogens with one attached hydrogen (secondary N) is 4. The number of amides is 2. The molecular weight excluding hydrogens is 548 g/mol. The minimum Gasteiger partial charge on any atom is -0.506 e. The minimum atomic E-state index is -0.924. The molecule has 220 valence electrons. The first-order chi connectivity index (χ1) is 20.8. The number of phenolic OH excluding ortho intramolecular Hbond substituents is 1. The Morgan fingerprint density at radius 3 is 2.53 bits per heavy atom. The van der Waals surface area contributed by atoms with Crippen LogP contribution in [0.5, 0.6) is 5.75 Å². The SMILES string of the molecule is O=C(Nc1ccccc1-c1ccccc1)OC(=O)NC1(CCNC[C@H](O)c2ccc(O)c3[nH]c(=O)ccc23)C=CC=CC1. The van der Waals surface area contributed by atoms with Crippen LogP contribution in [-0.2, 0) is 4.74 Å². The summed E-state index contributed by atoms with van der Waals surface area (Å²) >= 11 is 0. The number of anilines is 1. The molecule has 6 N–H and O–H groups in total. The third kappa shape index (κ3) is 7.18. The lowest BCUT2D eigenvalue weighted by Gasteiger charge is -2.32. The number of hydrogen-bond donors (Lipinski definition) is 6. The van der Waals surface area contributed by atoms with Crippen LogP contribution in [0.3, 0.4) is 0 Å². The van der Waals surface area contributed by atoms with Crippen LogP contribution in [0.1, 0.15) is 24.5 Å². The number of allylic oxidation sites excluding steroid dienone is 2. The van der Waals surface area contributed by atoms with E-state index in [4.69, 9.17) is 4.74 Å². The van der Waals surface area contributed by atoms with Crippen molar-refractivity contribution in [2.45, 2.75) is 24.5 Å². The summed E-state index contributed by atoms with van der Waals surface area (Å²) in [6, 6.07) is 22.7. The molecule has 10 nitrogen and oxygen atoms in total. The van der Waals surface area contributed by atoms with Gasteiger partial charge in [0.05, 0.1) is 22.8 Å². The fourth-order valence-corrected chi connectivity index (χ4v) is 5.13. The topological polar surface area (TPSA) is 153 Å². The Morgan fingerprint density at radius 1 is 0.953 bits per heavy atom. The monoisotopic (exact) mass is 580 g/mol. The number of ether oxygens (including phenoxy) is 1. The number of aliphatic hydroxyl groups is 1. The van der Waals surface area contributed by atoms with Crippen molar-refractivity contribution < 1.29 is 24.5 Å². The van der Waals surface area contributed by atoms with Crippen molar-refractivity contribution in [1.82, 2.24) is 15.6 Å². The molecule has 1 aliphatic carbocycles. The van der Waals surface area contributed by atoms with E-state index >= 15 is 0 Å². The molecule has 0 fully saturated rings. The highest BCUT2D eigenvalue weighted by Crippen LogP contribution is 2.29. The first-order valence-corrected chi connectivity index (χ1v) is 13.9. The van der Waals surface area contributed by atoms with Gasteiger partial charge in [0.2, 0.25) is 5.56 Å². The fraction of sp³-hybridized carbons (Fsp3) is 0.182. The molecule has 0 spiro atoms. The molecule has 5 rings (SSSR count). The number of carbonyl (C=O) groups is 2. The second-order valence-electron chi connectivity index (χ2n) is 10.2. The van der Waals surface area contributed by atoms with Crippen molar-refractivity contribution in [3.8, 4) is 16.9 Å². The molecule has 3 aromatic carbocycles. The molecule has 1 aliphatic rings. The Morgan fingerprint density at radius 2 is 1.74 bits per heavy atom. The number of rotatable bonds is 9. The van der Waals surface area contributed by atoms with Crippen LogP contribution < -0.4 is 21.5 Å². The van der Waals surface area contributed by atoms with E-state index in [0.717, 1.165) is 11.1 Å². The van der Waals surface area contributed by atoms with Gasteiger partial charge in [-0.05, 0) is 48.7 Å². The smallest absolute Gasteiger partial charge is 0.420 e. The lowest BCUT2D eigenvalue weighted by Crippen LogP contribution is -2.49. The van der Waals surface area contributed by atoms with Gasteiger partial charge in [-0.1, -0.05) is 78.9 Å². The van der Waals surface area contributed by atoms with Gasteiger partial charge in [0, 0.05) is 23.6 Å². The number of para-hydroxylation sites is 1. The number of hydrogen-bond acceptors (Lipinski definition) is 7. The van der Waals surface area contributed by atoms with E-state index in [9.17, 15) is 24.6 Å². The van der Waals surface area contributed by atoms with Crippen molar-refractivity contribution in [2.24, 2.45) is 0 Å². The van der Waals surface area contributed by atoms with Crippen LogP contribution in [0.2, 0.25) is 0 Å². The molecule has 2 atom stereocenters. The van der Waals surface area contributed by atoms with E-state index in [2.05, 4.69) is 20.9 Å². The Bertz CT molecular complexity index is 1730. The average molecular weight is 581 g/mol. The van der Waals surface area contributed by atoms with Gasteiger partial charge >= 0.3 is 12.2 Å². The first-order valence-electron chi connectivity index (χ1n) is 13.9. The molecule has 0 bridgehead atoms. The lowest BCUT2D eigenvalue weighted by atomic mass is 9.88. The molecule has 43 heavy (non-hydrogen) atoms. The van der Waals surface area contributed by atoms with Crippen LogP contribution in [0.4, 0.5) is 15.3 Å². The van der Waals surface area contributed by atoms with Crippen molar-refractivity contribution in [1.29, 1.82) is 0 Å². The van der Waals surface area contributed by atoms with Gasteiger partial charge in [-0.3, -0.25) is 10.1 Å². The van der Waals surface area contributed by atoms with Crippen molar-refractivity contribution in [3.05, 3.63) is 119 Å². The highest BCUT2D eigenvalue weighted by Gasteiger charge is 2.30. The highest BCUT2D eigenvalue weighted by atomic mass is 16.6. The van der Waals surface area contributed by atoms with Gasteiger partial charge in [0.15, 0.2) is 0 Å². The van der Waals surface area contributed by atoms with Gasteiger partial charge in [-0.25, -0.2) is 9.59 Å². The summed E-state index contributed by atoms with van der Waals surface area (Å²) in [5, 5.41) is 30.2. The number of phenols is 1. The van der Waals surface area contributed by atoms with Gasteiger partial charge in [0.25, 0.3) is 0 Å². The number of H-pyrrole nitrogens is 1. The van der Waals surface area contributed by atoms with E-state index in [-0.39, 0.29) is 23.4 Å². The molecule has 1 unspecified atom stereocenters. The maximum absolute atomic E-state index is 12.8. The number of carbonyl (C=O) groups excluding carboxylic acids is 2. The number of fused-ring (bicyclic) bond motifs is 1. The Kier molecular flexibility index (Phi) is 8.99. The second-order valence-corrected chi connectivity index (χ2v) is 10.2. The number of aromatic amines is 1. The predicted octanol–water partition coefficient (Wildman–Crippen LogP) is 5.13. The summed E-state index contributed by atoms with van der Waals surface area (Å²) in [5.41, 5.74) is 1.86. The summed E-state index contributed by atoms with van der Waals surface area (Å²) in [6.07, 6.45) is 5.65. The largest absolute Gasteiger partial charge is 0.506 e. The summed E-state index contributed by atoms with van der Waals surface area (Å²) in [5.74, 6) is -0.0808. The maximum atomic E-state index is 12.8. The number of aliphatic hydroxyl groups excluding tert-OH is 1. The van der Waals surface area contributed by atoms with Crippen LogP contribution in [0, 0.1) is 0 Å². The third-order valence-corrected chi connectivity index (χ3v) is 7.28. The van der Waals surface area contributed by atoms with Gasteiger partial charge in [-0.2, -0.15) is 0 Å². The lowest BCUT2D eigenvalue weighted by molar-refractivity contribution is 0.151. The maximum Gasteiger partial charge on any atom is 0.420 e. The van der Waals surface area contributed by atoms with Crippen molar-refractivity contribution >= 4 is 28.8 Å². The quantitative estimate of drug-likeness (QED) is 0.119. The highest BCUT2D eigenvalue weighted by molar-refractivity contribution is 5.96. The molecule has 10 heteroatoms. The average Bonchev–Trinajstić information content (AvgIpc) is 3.00. The molecule has 4 aromatic rings. The van der Waals surface area contributed by atoms with E-state index in [1.54, 1.807) is 24.3 Å². The Hall–Kier alpha value is -5.19. The number of aromatic hydroxyl groups is 1. The zero-order chi connectivity index (χ0) is 30.2. The molecular formula is C33H32N4O6. The van der Waals surface area contributed by atoms with E-state index in [1.807, 2.05) is 66.8 Å². The van der Waals surface area contributed by atoms with E-state index in [0.29, 0.717) is 36.0 Å². The van der Waals surface area contributed by atoms with Crippen molar-refractivity contribution in [2.75, 3.05) is 18.4 Å². The summed E-state index contributed by atoms with van der Waals surface area (Å²) in [7, 11) is 0. The molecule has 0 radical (unpaired) electrons. The summed E-state index contributed by atoms with van der Waals surface area (Å²) in [4.78, 5) is 39.7. The molecule has 0 saturated heterocycles. The number of alkyl carbamates (subject to hydrolysis) is 1. The first kappa shape index (κ1) is 29.3. The van der Waals surface area contributed by atoms with Crippen LogP contribution in [0.25, 0.3) is 22.0 Å². The third-order valence-electron chi connectivity index (χ3n) is 7.28. The van der Waals surface area contributed by atoms with Crippen LogP contribution >= 0.6 is 0 Å². The van der Waals surface area contributed by atoms with Crippen molar-refractivity contribution in [3.63, 3.8) is 0 Å². The van der Waals surface area contributed by atoms with Gasteiger partial charge in [-0.15, -0.1) is 0 Å². The fourth-order valence-electron chi connectivity index (χ4n) is 5.13. The summed E-state index contributed by atoms with van der Waals surface area (Å²) in [6.45, 7) is 0.599. The molecule has 2 amide bonds. The van der Waals surface area contributed by atoms with Crippen LogP contribution in [0.15, 0.2) is 108 Å². The van der Waals surface area contributed by atoms with E-state index in [1.165, 1.54) is 12.1 Å². The zero-order valence-electron chi connectivity index (χ0n) is 23.2. The zero-order valence-corrected chi connectivity index (χ0v) is 23.2. The predicted molar refractivity (Wildman–Crippen MR) is 165 cm³/mol. The molecule has 1 aromatic heterocycles. The minimum absolute atomic E-state index is 0.0808. The van der Waals surface area contributed by atoms with Crippen LogP contribution in [-0.4, -0.2) is 46.0 Å². The number of aromatic nitrogens is 1.